The van der Waals surface area contributed by atoms with Gasteiger partial charge in [-0.25, -0.2) is 13.8 Å². The fourth-order valence-electron chi connectivity index (χ4n) is 2.27. The number of aryl methyl sites for hydroxylation is 1. The van der Waals surface area contributed by atoms with Gasteiger partial charge in [-0.3, -0.25) is 4.79 Å². The Labute approximate surface area is 159 Å². The molecule has 0 radical (unpaired) electrons. The molecule has 8 heteroatoms. The summed E-state index contributed by atoms with van der Waals surface area (Å²) in [7, 11) is -0.821. The van der Waals surface area contributed by atoms with Gasteiger partial charge in [0.1, 0.15) is 5.75 Å². The van der Waals surface area contributed by atoms with Crippen LogP contribution in [-0.2, 0) is 14.8 Å². The van der Waals surface area contributed by atoms with Crippen molar-refractivity contribution >= 4 is 21.6 Å². The maximum Gasteiger partial charge on any atom is 0.255 e. The lowest BCUT2D eigenvalue weighted by molar-refractivity contribution is -0.121. The highest BCUT2D eigenvalue weighted by atomic mass is 32.2. The molecule has 144 valence electrons. The van der Waals surface area contributed by atoms with E-state index in [0.29, 0.717) is 11.5 Å². The number of hydrogen-bond donors (Lipinski definition) is 1. The van der Waals surface area contributed by atoms with Crippen molar-refractivity contribution in [3.63, 3.8) is 0 Å². The largest absolute Gasteiger partial charge is 0.497 e. The lowest BCUT2D eigenvalue weighted by Crippen LogP contribution is -2.36. The van der Waals surface area contributed by atoms with Crippen molar-refractivity contribution < 1.29 is 17.9 Å². The molecule has 0 aliphatic rings. The van der Waals surface area contributed by atoms with E-state index in [1.807, 2.05) is 19.1 Å². The number of ether oxygens (including phenoxy) is 1. The number of methoxy groups -OCH3 is 1. The number of nitrogens with zero attached hydrogens (tertiary/aromatic N) is 2. The molecule has 2 rings (SSSR count). The summed E-state index contributed by atoms with van der Waals surface area (Å²) in [6, 6.07) is 13.7. The van der Waals surface area contributed by atoms with Crippen molar-refractivity contribution in [2.75, 3.05) is 20.7 Å². The van der Waals surface area contributed by atoms with Crippen molar-refractivity contribution in [2.45, 2.75) is 18.7 Å². The van der Waals surface area contributed by atoms with Gasteiger partial charge in [0.2, 0.25) is 10.0 Å². The topological polar surface area (TPSA) is 88.1 Å². The number of hydrazone groups is 1. The summed E-state index contributed by atoms with van der Waals surface area (Å²) in [5.74, 6) is 0.146. The second-order valence-corrected chi connectivity index (χ2v) is 8.08. The number of nitrogens with one attached hydrogen (secondary N) is 1. The Morgan fingerprint density at radius 1 is 1.19 bits per heavy atom. The molecule has 0 aliphatic heterocycles. The van der Waals surface area contributed by atoms with Gasteiger partial charge in [-0.2, -0.15) is 9.41 Å². The van der Waals surface area contributed by atoms with E-state index in [0.717, 1.165) is 15.4 Å². The van der Waals surface area contributed by atoms with Crippen LogP contribution in [0.5, 0.6) is 5.75 Å². The van der Waals surface area contributed by atoms with E-state index in [1.54, 1.807) is 38.3 Å². The first kappa shape index (κ1) is 20.6. The molecular formula is C19H23N3O4S. The van der Waals surface area contributed by atoms with E-state index in [-0.39, 0.29) is 11.4 Å². The maximum absolute atomic E-state index is 12.5. The third kappa shape index (κ3) is 5.38. The minimum atomic E-state index is -3.74. The SMILES string of the molecule is COc1cccc(/C(C)=N\NC(=O)CN(C)S(=O)(=O)c2ccc(C)cc2)c1. The molecule has 0 bridgehead atoms. The fraction of sp³-hybridized carbons (Fsp3) is 0.263. The van der Waals surface area contributed by atoms with E-state index >= 15 is 0 Å². The summed E-state index contributed by atoms with van der Waals surface area (Å²) in [5.41, 5.74) is 4.70. The molecule has 7 nitrogen and oxygen atoms in total. The summed E-state index contributed by atoms with van der Waals surface area (Å²) >= 11 is 0. The second-order valence-electron chi connectivity index (χ2n) is 6.04. The van der Waals surface area contributed by atoms with Crippen LogP contribution in [0.3, 0.4) is 0 Å². The first-order chi connectivity index (χ1) is 12.7. The van der Waals surface area contributed by atoms with Crippen LogP contribution in [0.25, 0.3) is 0 Å². The molecule has 0 spiro atoms. The quantitative estimate of drug-likeness (QED) is 0.581. The molecule has 0 aliphatic carbocycles. The molecule has 2 aromatic carbocycles. The highest BCUT2D eigenvalue weighted by Gasteiger charge is 2.22. The summed E-state index contributed by atoms with van der Waals surface area (Å²) in [6.07, 6.45) is 0. The van der Waals surface area contributed by atoms with Gasteiger partial charge in [-0.15, -0.1) is 0 Å². The zero-order valence-electron chi connectivity index (χ0n) is 15.8. The van der Waals surface area contributed by atoms with Crippen LogP contribution in [0, 0.1) is 6.92 Å². The third-order valence-corrected chi connectivity index (χ3v) is 5.75. The zero-order chi connectivity index (χ0) is 20.0. The van der Waals surface area contributed by atoms with Crippen LogP contribution in [0.4, 0.5) is 0 Å². The normalized spacial score (nSPS) is 12.1. The predicted molar refractivity (Wildman–Crippen MR) is 104 cm³/mol. The van der Waals surface area contributed by atoms with Gasteiger partial charge in [0.05, 0.1) is 24.3 Å². The van der Waals surface area contributed by atoms with Crippen LogP contribution in [-0.4, -0.2) is 45.0 Å². The summed E-state index contributed by atoms with van der Waals surface area (Å²) in [6.45, 7) is 3.27. The molecule has 1 N–H and O–H groups in total. The van der Waals surface area contributed by atoms with Crippen molar-refractivity contribution in [1.82, 2.24) is 9.73 Å². The van der Waals surface area contributed by atoms with Crippen LogP contribution < -0.4 is 10.2 Å². The van der Waals surface area contributed by atoms with Crippen molar-refractivity contribution in [2.24, 2.45) is 5.10 Å². The Morgan fingerprint density at radius 2 is 1.85 bits per heavy atom. The Bertz CT molecular complexity index is 938. The standard InChI is InChI=1S/C19H23N3O4S/c1-14-8-10-18(11-9-14)27(24,25)22(3)13-19(23)21-20-15(2)16-6-5-7-17(12-16)26-4/h5-12H,13H2,1-4H3,(H,21,23)/b20-15-. The highest BCUT2D eigenvalue weighted by molar-refractivity contribution is 7.89. The Hall–Kier alpha value is -2.71. The van der Waals surface area contributed by atoms with E-state index in [9.17, 15) is 13.2 Å². The van der Waals surface area contributed by atoms with E-state index < -0.39 is 15.9 Å². The van der Waals surface area contributed by atoms with Crippen molar-refractivity contribution in [1.29, 1.82) is 0 Å². The molecule has 0 aromatic heterocycles. The minimum Gasteiger partial charge on any atom is -0.497 e. The number of sulfonamides is 1. The Balaban J connectivity index is 2.02. The first-order valence-electron chi connectivity index (χ1n) is 8.24. The van der Waals surface area contributed by atoms with E-state index in [2.05, 4.69) is 10.5 Å². The fourth-order valence-corrected chi connectivity index (χ4v) is 3.40. The minimum absolute atomic E-state index is 0.138. The van der Waals surface area contributed by atoms with Gasteiger partial charge in [0, 0.05) is 12.6 Å². The summed E-state index contributed by atoms with van der Waals surface area (Å²) in [5, 5.41) is 4.03. The lowest BCUT2D eigenvalue weighted by atomic mass is 10.1. The second kappa shape index (κ2) is 8.79. The third-order valence-electron chi connectivity index (χ3n) is 3.93. The van der Waals surface area contributed by atoms with E-state index in [1.165, 1.54) is 19.2 Å². The number of carbonyl (C=O) groups excluding carboxylic acids is 1. The molecule has 1 amide bonds. The van der Waals surface area contributed by atoms with E-state index in [4.69, 9.17) is 4.74 Å². The number of likely N-dealkylation sites (N-methyl/N-ethyl adjacent to an activating group) is 1. The molecule has 0 atom stereocenters. The number of benzene rings is 2. The van der Waals surface area contributed by atoms with Crippen molar-refractivity contribution in [3.05, 3.63) is 59.7 Å². The van der Waals surface area contributed by atoms with Crippen LogP contribution >= 0.6 is 0 Å². The number of amides is 1. The van der Waals surface area contributed by atoms with Gasteiger partial charge < -0.3 is 4.74 Å². The highest BCUT2D eigenvalue weighted by Crippen LogP contribution is 2.15. The molecule has 0 unspecified atom stereocenters. The molecule has 27 heavy (non-hydrogen) atoms. The van der Waals surface area contributed by atoms with Crippen LogP contribution in [0.1, 0.15) is 18.1 Å². The average Bonchev–Trinajstić information content (AvgIpc) is 2.66. The molecule has 0 fully saturated rings. The van der Waals surface area contributed by atoms with Gasteiger partial charge in [-0.1, -0.05) is 29.8 Å². The monoisotopic (exact) mass is 389 g/mol. The summed E-state index contributed by atoms with van der Waals surface area (Å²) in [4.78, 5) is 12.2. The molecule has 2 aromatic rings. The van der Waals surface area contributed by atoms with Gasteiger partial charge in [-0.05, 0) is 38.1 Å². The van der Waals surface area contributed by atoms with Crippen LogP contribution in [0.15, 0.2) is 58.5 Å². The molecule has 0 saturated carbocycles. The average molecular weight is 389 g/mol. The predicted octanol–water partition coefficient (Wildman–Crippen LogP) is 2.16. The molecular weight excluding hydrogens is 366 g/mol. The number of rotatable bonds is 7. The number of carbonyl (C=O) groups is 1. The Morgan fingerprint density at radius 3 is 2.48 bits per heavy atom. The molecule has 0 saturated heterocycles. The zero-order valence-corrected chi connectivity index (χ0v) is 16.6. The lowest BCUT2D eigenvalue weighted by Gasteiger charge is -2.16. The van der Waals surface area contributed by atoms with Gasteiger partial charge in [0.25, 0.3) is 5.91 Å². The number of hydrogen-bond acceptors (Lipinski definition) is 5. The first-order valence-corrected chi connectivity index (χ1v) is 9.68. The van der Waals surface area contributed by atoms with Gasteiger partial charge in [0.15, 0.2) is 0 Å². The Kier molecular flexibility index (Phi) is 6.70. The van der Waals surface area contributed by atoms with Gasteiger partial charge >= 0.3 is 0 Å². The smallest absolute Gasteiger partial charge is 0.255 e. The molecule has 0 heterocycles. The van der Waals surface area contributed by atoms with Crippen LogP contribution in [0.2, 0.25) is 0 Å². The van der Waals surface area contributed by atoms with Crippen molar-refractivity contribution in [3.8, 4) is 5.75 Å². The summed E-state index contributed by atoms with van der Waals surface area (Å²) < 4.78 is 31.2. The maximum atomic E-state index is 12.5.